The molecule has 1 N–H and O–H groups in total. The van der Waals surface area contributed by atoms with E-state index in [2.05, 4.69) is 10.3 Å². The van der Waals surface area contributed by atoms with Crippen LogP contribution in [-0.2, 0) is 0 Å². The van der Waals surface area contributed by atoms with Gasteiger partial charge in [0.05, 0.1) is 0 Å². The van der Waals surface area contributed by atoms with Crippen LogP contribution in [0.15, 0.2) is 31.8 Å². The van der Waals surface area contributed by atoms with E-state index in [1.54, 1.807) is 0 Å². The average Bonchev–Trinajstić information content (AvgIpc) is 2.72. The minimum absolute atomic E-state index is 0.375. The van der Waals surface area contributed by atoms with Crippen molar-refractivity contribution in [1.29, 1.82) is 0 Å². The zero-order valence-electron chi connectivity index (χ0n) is 10.1. The Morgan fingerprint density at radius 1 is 1.33 bits per heavy atom. The summed E-state index contributed by atoms with van der Waals surface area (Å²) in [5.74, 6) is 0. The van der Waals surface area contributed by atoms with Gasteiger partial charge in [-0.25, -0.2) is 4.79 Å². The normalized spacial score (nSPS) is 11.2. The van der Waals surface area contributed by atoms with E-state index < -0.39 is 0 Å². The van der Waals surface area contributed by atoms with Crippen molar-refractivity contribution in [3.63, 3.8) is 0 Å². The summed E-state index contributed by atoms with van der Waals surface area (Å²) in [4.78, 5) is 15.7. The highest BCUT2D eigenvalue weighted by Crippen LogP contribution is 2.27. The first-order valence-electron chi connectivity index (χ1n) is 5.77. The third-order valence-electron chi connectivity index (χ3n) is 2.80. The molecule has 3 rings (SSSR count). The summed E-state index contributed by atoms with van der Waals surface area (Å²) < 4.78 is 10.8. The Morgan fingerprint density at radius 2 is 2.17 bits per heavy atom. The summed E-state index contributed by atoms with van der Waals surface area (Å²) in [5.41, 5.74) is 2.15. The van der Waals surface area contributed by atoms with Crippen molar-refractivity contribution in [3.05, 3.63) is 34.2 Å². The molecule has 0 aliphatic rings. The molecule has 0 saturated carbocycles. The van der Waals surface area contributed by atoms with Gasteiger partial charge in [-0.15, -0.1) is 0 Å². The standard InChI is InChI=1S/C13H12N2O3/c1-3-14-13-15-11-9(17-13)5-4-8-7(2)6-10(16)18-12(8)11/h4-6H,3H2,1-2H3,(H,14,15). The van der Waals surface area contributed by atoms with Crippen molar-refractivity contribution in [2.75, 3.05) is 11.9 Å². The molecule has 0 spiro atoms. The third kappa shape index (κ3) is 1.55. The topological polar surface area (TPSA) is 68.3 Å². The average molecular weight is 244 g/mol. The molecule has 0 radical (unpaired) electrons. The second-order valence-corrected chi connectivity index (χ2v) is 4.09. The van der Waals surface area contributed by atoms with Gasteiger partial charge in [0, 0.05) is 18.0 Å². The zero-order valence-corrected chi connectivity index (χ0v) is 10.1. The van der Waals surface area contributed by atoms with Crippen molar-refractivity contribution in [3.8, 4) is 0 Å². The Hall–Kier alpha value is -2.30. The summed E-state index contributed by atoms with van der Waals surface area (Å²) in [5, 5.41) is 3.87. The van der Waals surface area contributed by atoms with Crippen molar-refractivity contribution < 1.29 is 8.83 Å². The lowest BCUT2D eigenvalue weighted by Gasteiger charge is -1.98. The summed E-state index contributed by atoms with van der Waals surface area (Å²) in [6.45, 7) is 4.54. The molecule has 0 unspecified atom stereocenters. The quantitative estimate of drug-likeness (QED) is 0.702. The Balaban J connectivity index is 2.40. The Labute approximate surface area is 102 Å². The SMILES string of the molecule is CCNc1nc2c(ccc3c(C)cc(=O)oc32)o1. The Kier molecular flexibility index (Phi) is 2.33. The molecule has 0 amide bonds. The first-order valence-corrected chi connectivity index (χ1v) is 5.77. The van der Waals surface area contributed by atoms with Crippen LogP contribution in [0.5, 0.6) is 0 Å². The number of rotatable bonds is 2. The van der Waals surface area contributed by atoms with Crippen LogP contribution in [0.25, 0.3) is 22.1 Å². The van der Waals surface area contributed by atoms with Crippen LogP contribution in [-0.4, -0.2) is 11.5 Å². The van der Waals surface area contributed by atoms with E-state index >= 15 is 0 Å². The fourth-order valence-electron chi connectivity index (χ4n) is 2.00. The highest BCUT2D eigenvalue weighted by Gasteiger charge is 2.12. The molecule has 3 aromatic rings. The van der Waals surface area contributed by atoms with Gasteiger partial charge in [0.2, 0.25) is 0 Å². The van der Waals surface area contributed by atoms with E-state index in [4.69, 9.17) is 8.83 Å². The van der Waals surface area contributed by atoms with Gasteiger partial charge in [0.15, 0.2) is 16.7 Å². The van der Waals surface area contributed by atoms with Crippen molar-refractivity contribution >= 4 is 28.1 Å². The molecule has 92 valence electrons. The molecule has 2 aromatic heterocycles. The largest absolute Gasteiger partial charge is 0.423 e. The molecule has 0 aliphatic heterocycles. The number of fused-ring (bicyclic) bond motifs is 3. The minimum atomic E-state index is -0.375. The second kappa shape index (κ2) is 3.87. The van der Waals surface area contributed by atoms with Gasteiger partial charge >= 0.3 is 5.63 Å². The summed E-state index contributed by atoms with van der Waals surface area (Å²) in [7, 11) is 0. The molecule has 0 fully saturated rings. The van der Waals surface area contributed by atoms with Crippen LogP contribution in [0.3, 0.4) is 0 Å². The van der Waals surface area contributed by atoms with Crippen LogP contribution < -0.4 is 10.9 Å². The first kappa shape index (κ1) is 10.8. The van der Waals surface area contributed by atoms with Crippen LogP contribution >= 0.6 is 0 Å². The van der Waals surface area contributed by atoms with Gasteiger partial charge in [-0.3, -0.25) is 0 Å². The number of aromatic nitrogens is 1. The number of oxazole rings is 1. The van der Waals surface area contributed by atoms with Crippen molar-refractivity contribution in [1.82, 2.24) is 4.98 Å². The van der Waals surface area contributed by atoms with Gasteiger partial charge in [-0.2, -0.15) is 4.98 Å². The van der Waals surface area contributed by atoms with Crippen LogP contribution in [0.1, 0.15) is 12.5 Å². The van der Waals surface area contributed by atoms with E-state index in [0.717, 1.165) is 10.9 Å². The molecule has 0 aliphatic carbocycles. The van der Waals surface area contributed by atoms with Crippen LogP contribution in [0.2, 0.25) is 0 Å². The van der Waals surface area contributed by atoms with Crippen molar-refractivity contribution in [2.24, 2.45) is 0 Å². The third-order valence-corrected chi connectivity index (χ3v) is 2.80. The van der Waals surface area contributed by atoms with E-state index in [0.29, 0.717) is 29.2 Å². The molecule has 2 heterocycles. The van der Waals surface area contributed by atoms with E-state index in [1.165, 1.54) is 6.07 Å². The maximum atomic E-state index is 11.4. The molecular formula is C13H12N2O3. The lowest BCUT2D eigenvalue weighted by atomic mass is 10.1. The molecule has 5 nitrogen and oxygen atoms in total. The second-order valence-electron chi connectivity index (χ2n) is 4.09. The molecule has 18 heavy (non-hydrogen) atoms. The summed E-state index contributed by atoms with van der Waals surface area (Å²) in [6.07, 6.45) is 0. The maximum absolute atomic E-state index is 11.4. The predicted octanol–water partition coefficient (Wildman–Crippen LogP) is 2.67. The molecule has 0 bridgehead atoms. The number of nitrogens with zero attached hydrogens (tertiary/aromatic N) is 1. The number of hydrogen-bond acceptors (Lipinski definition) is 5. The Bertz CT molecular complexity index is 786. The van der Waals surface area contributed by atoms with Crippen LogP contribution in [0.4, 0.5) is 6.01 Å². The predicted molar refractivity (Wildman–Crippen MR) is 69.0 cm³/mol. The smallest absolute Gasteiger partial charge is 0.336 e. The van der Waals surface area contributed by atoms with Crippen LogP contribution in [0, 0.1) is 6.92 Å². The molecule has 0 atom stereocenters. The lowest BCUT2D eigenvalue weighted by molar-refractivity contribution is 0.562. The number of anilines is 1. The molecule has 5 heteroatoms. The van der Waals surface area contributed by atoms with Gasteiger partial charge in [-0.05, 0) is 31.5 Å². The van der Waals surface area contributed by atoms with Crippen molar-refractivity contribution in [2.45, 2.75) is 13.8 Å². The monoisotopic (exact) mass is 244 g/mol. The fraction of sp³-hybridized carbons (Fsp3) is 0.231. The first-order chi connectivity index (χ1) is 8.69. The Morgan fingerprint density at radius 3 is 2.94 bits per heavy atom. The number of aryl methyl sites for hydroxylation is 1. The molecular weight excluding hydrogens is 232 g/mol. The van der Waals surface area contributed by atoms with E-state index in [-0.39, 0.29) is 5.63 Å². The fourth-order valence-corrected chi connectivity index (χ4v) is 2.00. The summed E-state index contributed by atoms with van der Waals surface area (Å²) in [6, 6.07) is 5.61. The molecule has 1 aromatic carbocycles. The highest BCUT2D eigenvalue weighted by atomic mass is 16.4. The van der Waals surface area contributed by atoms with Gasteiger partial charge in [0.1, 0.15) is 0 Å². The van der Waals surface area contributed by atoms with E-state index in [1.807, 2.05) is 26.0 Å². The number of nitrogens with one attached hydrogen (secondary N) is 1. The van der Waals surface area contributed by atoms with Gasteiger partial charge in [0.25, 0.3) is 6.01 Å². The number of benzene rings is 1. The highest BCUT2D eigenvalue weighted by molar-refractivity contribution is 6.01. The lowest BCUT2D eigenvalue weighted by Crippen LogP contribution is -1.98. The minimum Gasteiger partial charge on any atom is -0.423 e. The number of hydrogen-bond donors (Lipinski definition) is 1. The zero-order chi connectivity index (χ0) is 12.7. The van der Waals surface area contributed by atoms with E-state index in [9.17, 15) is 4.79 Å². The van der Waals surface area contributed by atoms with Gasteiger partial charge < -0.3 is 14.2 Å². The maximum Gasteiger partial charge on any atom is 0.336 e. The summed E-state index contributed by atoms with van der Waals surface area (Å²) >= 11 is 0. The molecule has 0 saturated heterocycles. The van der Waals surface area contributed by atoms with Gasteiger partial charge in [-0.1, -0.05) is 0 Å².